The summed E-state index contributed by atoms with van der Waals surface area (Å²) in [6.45, 7) is 1.96. The molecule has 2 aromatic carbocycles. The van der Waals surface area contributed by atoms with Crippen LogP contribution in [0.25, 0.3) is 0 Å². The standard InChI is InChI=1S/C22H22FN3O2/c1-15-19(22(28)25-10-11-27)6-3-7-20(15)26-21-14-17(8-9-24-21)12-16-4-2-5-18(23)13-16/h2-9,13-14,27H,10-12H2,1H3,(H,24,26)(H,25,28). The van der Waals surface area contributed by atoms with Gasteiger partial charge in [-0.3, -0.25) is 4.79 Å². The lowest BCUT2D eigenvalue weighted by Crippen LogP contribution is -2.27. The molecule has 0 fully saturated rings. The molecule has 0 spiro atoms. The fourth-order valence-electron chi connectivity index (χ4n) is 2.95. The summed E-state index contributed by atoms with van der Waals surface area (Å²) in [5.74, 6) is 0.157. The number of rotatable bonds is 7. The molecular weight excluding hydrogens is 357 g/mol. The Balaban J connectivity index is 1.78. The van der Waals surface area contributed by atoms with Gasteiger partial charge in [0.05, 0.1) is 6.61 Å². The molecule has 0 saturated heterocycles. The molecule has 0 bridgehead atoms. The molecule has 0 aliphatic rings. The molecule has 0 saturated carbocycles. The smallest absolute Gasteiger partial charge is 0.251 e. The van der Waals surface area contributed by atoms with Gasteiger partial charge in [-0.05, 0) is 66.4 Å². The van der Waals surface area contributed by atoms with Gasteiger partial charge in [-0.1, -0.05) is 18.2 Å². The average Bonchev–Trinajstić information content (AvgIpc) is 2.68. The third-order valence-corrected chi connectivity index (χ3v) is 4.36. The topological polar surface area (TPSA) is 74.2 Å². The molecule has 1 aromatic heterocycles. The van der Waals surface area contributed by atoms with Gasteiger partial charge < -0.3 is 15.7 Å². The summed E-state index contributed by atoms with van der Waals surface area (Å²) in [5.41, 5.74) is 3.98. The maximum Gasteiger partial charge on any atom is 0.251 e. The minimum absolute atomic E-state index is 0.106. The van der Waals surface area contributed by atoms with Gasteiger partial charge in [0.25, 0.3) is 5.91 Å². The predicted molar refractivity (Wildman–Crippen MR) is 107 cm³/mol. The first-order valence-corrected chi connectivity index (χ1v) is 9.02. The van der Waals surface area contributed by atoms with Gasteiger partial charge >= 0.3 is 0 Å². The summed E-state index contributed by atoms with van der Waals surface area (Å²) in [4.78, 5) is 16.6. The molecule has 1 heterocycles. The number of halogens is 1. The highest BCUT2D eigenvalue weighted by atomic mass is 19.1. The van der Waals surface area contributed by atoms with Crippen LogP contribution >= 0.6 is 0 Å². The molecule has 0 unspecified atom stereocenters. The van der Waals surface area contributed by atoms with E-state index in [0.717, 1.165) is 22.4 Å². The molecule has 0 aliphatic heterocycles. The number of nitrogens with zero attached hydrogens (tertiary/aromatic N) is 1. The Labute approximate surface area is 163 Å². The second-order valence-electron chi connectivity index (χ2n) is 6.44. The number of aliphatic hydroxyl groups excluding tert-OH is 1. The Hall–Kier alpha value is -3.25. The van der Waals surface area contributed by atoms with Gasteiger partial charge in [-0.2, -0.15) is 0 Å². The third-order valence-electron chi connectivity index (χ3n) is 4.36. The van der Waals surface area contributed by atoms with Crippen molar-refractivity contribution in [1.82, 2.24) is 10.3 Å². The van der Waals surface area contributed by atoms with Crippen molar-refractivity contribution in [3.8, 4) is 0 Å². The Kier molecular flexibility index (Phi) is 6.34. The lowest BCUT2D eigenvalue weighted by molar-refractivity contribution is 0.0944. The van der Waals surface area contributed by atoms with Crippen molar-refractivity contribution in [1.29, 1.82) is 0 Å². The number of aromatic nitrogens is 1. The van der Waals surface area contributed by atoms with Crippen LogP contribution in [0.3, 0.4) is 0 Å². The number of anilines is 2. The van der Waals surface area contributed by atoms with Gasteiger partial charge in [0.1, 0.15) is 11.6 Å². The zero-order valence-electron chi connectivity index (χ0n) is 15.6. The maximum atomic E-state index is 13.4. The molecule has 0 atom stereocenters. The van der Waals surface area contributed by atoms with Crippen molar-refractivity contribution < 1.29 is 14.3 Å². The van der Waals surface area contributed by atoms with Crippen LogP contribution in [-0.2, 0) is 6.42 Å². The first-order chi connectivity index (χ1) is 13.6. The number of nitrogens with one attached hydrogen (secondary N) is 2. The molecule has 1 amide bonds. The van der Waals surface area contributed by atoms with E-state index in [9.17, 15) is 9.18 Å². The lowest BCUT2D eigenvalue weighted by atomic mass is 10.0. The minimum atomic E-state index is -0.253. The second kappa shape index (κ2) is 9.10. The number of aliphatic hydroxyl groups is 1. The van der Waals surface area contributed by atoms with E-state index in [4.69, 9.17) is 5.11 Å². The molecule has 6 heteroatoms. The molecule has 3 rings (SSSR count). The van der Waals surface area contributed by atoms with Crippen LogP contribution in [0.15, 0.2) is 60.8 Å². The van der Waals surface area contributed by atoms with Crippen LogP contribution in [0.5, 0.6) is 0 Å². The predicted octanol–water partition coefficient (Wildman–Crippen LogP) is 3.59. The second-order valence-corrected chi connectivity index (χ2v) is 6.44. The van der Waals surface area contributed by atoms with Gasteiger partial charge in [0.15, 0.2) is 0 Å². The van der Waals surface area contributed by atoms with Gasteiger partial charge in [-0.25, -0.2) is 9.37 Å². The van der Waals surface area contributed by atoms with E-state index in [1.807, 2.05) is 31.2 Å². The number of amides is 1. The Morgan fingerprint density at radius 2 is 1.89 bits per heavy atom. The van der Waals surface area contributed by atoms with Crippen LogP contribution in [0, 0.1) is 12.7 Å². The van der Waals surface area contributed by atoms with Crippen LogP contribution in [0.2, 0.25) is 0 Å². The van der Waals surface area contributed by atoms with Crippen LogP contribution in [-0.4, -0.2) is 29.1 Å². The van der Waals surface area contributed by atoms with E-state index in [2.05, 4.69) is 15.6 Å². The number of hydrogen-bond donors (Lipinski definition) is 3. The van der Waals surface area contributed by atoms with Gasteiger partial charge in [0.2, 0.25) is 0 Å². The van der Waals surface area contributed by atoms with Crippen molar-refractivity contribution in [3.05, 3.63) is 88.9 Å². The molecule has 5 nitrogen and oxygen atoms in total. The molecule has 0 radical (unpaired) electrons. The van der Waals surface area contributed by atoms with Crippen LogP contribution < -0.4 is 10.6 Å². The average molecular weight is 379 g/mol. The highest BCUT2D eigenvalue weighted by Gasteiger charge is 2.12. The summed E-state index contributed by atoms with van der Waals surface area (Å²) in [6, 6.07) is 15.7. The number of carbonyl (C=O) groups is 1. The largest absolute Gasteiger partial charge is 0.395 e. The molecule has 3 aromatic rings. The summed E-state index contributed by atoms with van der Waals surface area (Å²) in [5, 5.41) is 14.8. The number of hydrogen-bond acceptors (Lipinski definition) is 4. The van der Waals surface area contributed by atoms with E-state index in [-0.39, 0.29) is 24.9 Å². The lowest BCUT2D eigenvalue weighted by Gasteiger charge is -2.13. The zero-order chi connectivity index (χ0) is 19.9. The zero-order valence-corrected chi connectivity index (χ0v) is 15.6. The summed E-state index contributed by atoms with van der Waals surface area (Å²) < 4.78 is 13.4. The molecule has 3 N–H and O–H groups in total. The first-order valence-electron chi connectivity index (χ1n) is 9.02. The van der Waals surface area contributed by atoms with Crippen LogP contribution in [0.1, 0.15) is 27.0 Å². The first kappa shape index (κ1) is 19.5. The molecular formula is C22H22FN3O2. The van der Waals surface area contributed by atoms with Gasteiger partial charge in [-0.15, -0.1) is 0 Å². The normalized spacial score (nSPS) is 10.5. The summed E-state index contributed by atoms with van der Waals surface area (Å²) in [6.07, 6.45) is 2.29. The molecule has 144 valence electrons. The Morgan fingerprint density at radius 1 is 1.11 bits per heavy atom. The van der Waals surface area contributed by atoms with E-state index in [0.29, 0.717) is 17.8 Å². The SMILES string of the molecule is Cc1c(Nc2cc(Cc3cccc(F)c3)ccn2)cccc1C(=O)NCCO. The monoisotopic (exact) mass is 379 g/mol. The Morgan fingerprint density at radius 3 is 2.68 bits per heavy atom. The van der Waals surface area contributed by atoms with Crippen molar-refractivity contribution in [2.45, 2.75) is 13.3 Å². The number of carbonyl (C=O) groups excluding carboxylic acids is 1. The summed E-state index contributed by atoms with van der Waals surface area (Å²) >= 11 is 0. The van der Waals surface area contributed by atoms with Crippen LogP contribution in [0.4, 0.5) is 15.9 Å². The maximum absolute atomic E-state index is 13.4. The van der Waals surface area contributed by atoms with E-state index in [1.54, 1.807) is 24.4 Å². The highest BCUT2D eigenvalue weighted by Crippen LogP contribution is 2.23. The molecule has 0 aliphatic carbocycles. The van der Waals surface area contributed by atoms with Gasteiger partial charge in [0, 0.05) is 24.0 Å². The van der Waals surface area contributed by atoms with E-state index in [1.165, 1.54) is 12.1 Å². The third kappa shape index (κ3) is 4.92. The van der Waals surface area contributed by atoms with Crippen molar-refractivity contribution in [3.63, 3.8) is 0 Å². The van der Waals surface area contributed by atoms with Crippen molar-refractivity contribution in [2.75, 3.05) is 18.5 Å². The fraction of sp³-hybridized carbons (Fsp3) is 0.182. The fourth-order valence-corrected chi connectivity index (χ4v) is 2.95. The number of pyridine rings is 1. The van der Waals surface area contributed by atoms with Crippen molar-refractivity contribution in [2.24, 2.45) is 0 Å². The Bertz CT molecular complexity index is 976. The minimum Gasteiger partial charge on any atom is -0.395 e. The van der Waals surface area contributed by atoms with E-state index < -0.39 is 0 Å². The molecule has 28 heavy (non-hydrogen) atoms. The highest BCUT2D eigenvalue weighted by molar-refractivity contribution is 5.97. The van der Waals surface area contributed by atoms with E-state index >= 15 is 0 Å². The summed E-state index contributed by atoms with van der Waals surface area (Å²) in [7, 11) is 0. The quantitative estimate of drug-likeness (QED) is 0.587. The number of benzene rings is 2. The van der Waals surface area contributed by atoms with Crippen molar-refractivity contribution >= 4 is 17.4 Å².